The van der Waals surface area contributed by atoms with Gasteiger partial charge in [0.25, 0.3) is 5.91 Å². The van der Waals surface area contributed by atoms with Crippen molar-refractivity contribution in [2.24, 2.45) is 0 Å². The van der Waals surface area contributed by atoms with Crippen LogP contribution in [0.15, 0.2) is 24.3 Å². The molecular formula is C15H16F3NO4. The van der Waals surface area contributed by atoms with E-state index in [4.69, 9.17) is 9.47 Å². The van der Waals surface area contributed by atoms with Crippen LogP contribution in [0.2, 0.25) is 0 Å². The molecule has 1 saturated carbocycles. The van der Waals surface area contributed by atoms with Gasteiger partial charge in [0.1, 0.15) is 5.75 Å². The van der Waals surface area contributed by atoms with Crippen LogP contribution in [0.4, 0.5) is 13.2 Å². The minimum absolute atomic E-state index is 0.105. The van der Waals surface area contributed by atoms with Crippen LogP contribution in [0, 0.1) is 0 Å². The molecule has 0 aliphatic heterocycles. The second-order valence-electron chi connectivity index (χ2n) is 5.23. The van der Waals surface area contributed by atoms with Crippen molar-refractivity contribution in [1.82, 2.24) is 5.32 Å². The van der Waals surface area contributed by atoms with E-state index in [1.807, 2.05) is 0 Å². The monoisotopic (exact) mass is 331 g/mol. The number of hydrogen-bond acceptors (Lipinski definition) is 4. The molecule has 1 aromatic carbocycles. The third-order valence-corrected chi connectivity index (χ3v) is 3.12. The molecule has 1 amide bonds. The summed E-state index contributed by atoms with van der Waals surface area (Å²) in [7, 11) is 0. The number of ether oxygens (including phenoxy) is 2. The highest BCUT2D eigenvalue weighted by atomic mass is 19.4. The molecule has 1 aliphatic rings. The maximum atomic E-state index is 12.5. The number of hydrogen-bond donors (Lipinski definition) is 1. The van der Waals surface area contributed by atoms with Crippen molar-refractivity contribution in [3.63, 3.8) is 0 Å². The third kappa shape index (κ3) is 5.46. The van der Waals surface area contributed by atoms with Crippen LogP contribution in [-0.4, -0.2) is 30.6 Å². The molecule has 0 spiro atoms. The molecule has 23 heavy (non-hydrogen) atoms. The van der Waals surface area contributed by atoms with Gasteiger partial charge in [-0.2, -0.15) is 13.2 Å². The predicted octanol–water partition coefficient (Wildman–Crippen LogP) is 2.29. The average Bonchev–Trinajstić information content (AvgIpc) is 3.28. The molecule has 8 heteroatoms. The first-order valence-corrected chi connectivity index (χ1v) is 7.05. The highest BCUT2D eigenvalue weighted by Crippen LogP contribution is 2.31. The summed E-state index contributed by atoms with van der Waals surface area (Å²) in [5.41, 5.74) is -0.874. The lowest BCUT2D eigenvalue weighted by Crippen LogP contribution is -2.37. The molecule has 1 aliphatic carbocycles. The zero-order valence-electron chi connectivity index (χ0n) is 12.4. The van der Waals surface area contributed by atoms with E-state index in [2.05, 4.69) is 5.32 Å². The highest BCUT2D eigenvalue weighted by molar-refractivity contribution is 5.84. The van der Waals surface area contributed by atoms with Crippen molar-refractivity contribution in [3.05, 3.63) is 29.8 Å². The molecule has 2 rings (SSSR count). The zero-order valence-corrected chi connectivity index (χ0v) is 12.4. The number of alkyl halides is 3. The van der Waals surface area contributed by atoms with Gasteiger partial charge in [-0.1, -0.05) is 6.07 Å². The maximum Gasteiger partial charge on any atom is 0.416 e. The zero-order chi connectivity index (χ0) is 17.0. The molecule has 1 fully saturated rings. The lowest BCUT2D eigenvalue weighted by atomic mass is 10.2. The van der Waals surface area contributed by atoms with E-state index in [0.29, 0.717) is 0 Å². The van der Waals surface area contributed by atoms with Gasteiger partial charge in [-0.25, -0.2) is 4.79 Å². The predicted molar refractivity (Wildman–Crippen MR) is 73.7 cm³/mol. The summed E-state index contributed by atoms with van der Waals surface area (Å²) in [6.45, 7) is 0.836. The molecule has 1 aromatic rings. The minimum atomic E-state index is -4.49. The second kappa shape index (κ2) is 6.89. The Morgan fingerprint density at radius 2 is 2.04 bits per heavy atom. The van der Waals surface area contributed by atoms with Crippen molar-refractivity contribution >= 4 is 11.9 Å². The number of rotatable bonds is 6. The normalized spacial score (nSPS) is 15.7. The summed E-state index contributed by atoms with van der Waals surface area (Å²) < 4.78 is 47.5. The van der Waals surface area contributed by atoms with Crippen molar-refractivity contribution < 1.29 is 32.2 Å². The summed E-state index contributed by atoms with van der Waals surface area (Å²) in [4.78, 5) is 23.2. The molecule has 0 unspecified atom stereocenters. The topological polar surface area (TPSA) is 64.6 Å². The fourth-order valence-electron chi connectivity index (χ4n) is 1.74. The Morgan fingerprint density at radius 3 is 2.65 bits per heavy atom. The Balaban J connectivity index is 1.80. The van der Waals surface area contributed by atoms with Gasteiger partial charge < -0.3 is 14.8 Å². The van der Waals surface area contributed by atoms with Gasteiger partial charge in [-0.3, -0.25) is 4.79 Å². The highest BCUT2D eigenvalue weighted by Gasteiger charge is 2.31. The van der Waals surface area contributed by atoms with E-state index >= 15 is 0 Å². The Hall–Kier alpha value is -2.25. The van der Waals surface area contributed by atoms with Gasteiger partial charge in [0.05, 0.1) is 5.56 Å². The van der Waals surface area contributed by atoms with E-state index in [1.54, 1.807) is 0 Å². The lowest BCUT2D eigenvalue weighted by molar-refractivity contribution is -0.156. The third-order valence-electron chi connectivity index (χ3n) is 3.12. The number of benzene rings is 1. The first-order valence-electron chi connectivity index (χ1n) is 7.05. The minimum Gasteiger partial charge on any atom is -0.482 e. The molecule has 0 saturated heterocycles. The first kappa shape index (κ1) is 17.1. The van der Waals surface area contributed by atoms with Gasteiger partial charge in [-0.05, 0) is 38.0 Å². The molecule has 1 atom stereocenters. The number of esters is 1. The number of amides is 1. The summed E-state index contributed by atoms with van der Waals surface area (Å²) >= 11 is 0. The standard InChI is InChI=1S/C15H16F3NO4/c1-9(14(21)19-11-5-6-11)23-13(20)8-22-12-4-2-3-10(7-12)15(16,17)18/h2-4,7,9,11H,5-6,8H2,1H3,(H,19,21)/t9-/m0/s1. The molecule has 5 nitrogen and oxygen atoms in total. The number of halogens is 3. The van der Waals surface area contributed by atoms with Crippen LogP contribution in [0.5, 0.6) is 5.75 Å². The van der Waals surface area contributed by atoms with Crippen LogP contribution >= 0.6 is 0 Å². The van der Waals surface area contributed by atoms with Gasteiger partial charge in [0.2, 0.25) is 0 Å². The van der Waals surface area contributed by atoms with Crippen LogP contribution in [0.25, 0.3) is 0 Å². The Morgan fingerprint density at radius 1 is 1.35 bits per heavy atom. The van der Waals surface area contributed by atoms with E-state index in [1.165, 1.54) is 19.1 Å². The van der Waals surface area contributed by atoms with E-state index in [0.717, 1.165) is 25.0 Å². The van der Waals surface area contributed by atoms with Crippen molar-refractivity contribution in [2.75, 3.05) is 6.61 Å². The molecule has 1 N–H and O–H groups in total. The summed E-state index contributed by atoms with van der Waals surface area (Å²) in [6.07, 6.45) is -3.65. The molecular weight excluding hydrogens is 315 g/mol. The number of carbonyl (C=O) groups is 2. The van der Waals surface area contributed by atoms with Gasteiger partial charge in [-0.15, -0.1) is 0 Å². The smallest absolute Gasteiger partial charge is 0.416 e. The fraction of sp³-hybridized carbons (Fsp3) is 0.467. The first-order chi connectivity index (χ1) is 10.8. The molecule has 126 valence electrons. The van der Waals surface area contributed by atoms with Gasteiger partial charge in [0, 0.05) is 6.04 Å². The van der Waals surface area contributed by atoms with Crippen LogP contribution in [0.1, 0.15) is 25.3 Å². The van der Waals surface area contributed by atoms with E-state index in [-0.39, 0.29) is 11.8 Å². The molecule has 0 bridgehead atoms. The second-order valence-corrected chi connectivity index (χ2v) is 5.23. The van der Waals surface area contributed by atoms with Crippen molar-refractivity contribution in [2.45, 2.75) is 38.1 Å². The van der Waals surface area contributed by atoms with Crippen LogP contribution in [0.3, 0.4) is 0 Å². The number of carbonyl (C=O) groups excluding carboxylic acids is 2. The van der Waals surface area contributed by atoms with Gasteiger partial charge in [0.15, 0.2) is 12.7 Å². The fourth-order valence-corrected chi connectivity index (χ4v) is 1.74. The molecule has 0 heterocycles. The summed E-state index contributed by atoms with van der Waals surface area (Å²) in [6, 6.07) is 4.30. The Labute approximate surface area is 130 Å². The molecule has 0 radical (unpaired) electrons. The van der Waals surface area contributed by atoms with Crippen molar-refractivity contribution in [3.8, 4) is 5.75 Å². The summed E-state index contributed by atoms with van der Waals surface area (Å²) in [5.74, 6) is -1.34. The Kier molecular flexibility index (Phi) is 5.12. The van der Waals surface area contributed by atoms with Crippen LogP contribution < -0.4 is 10.1 Å². The summed E-state index contributed by atoms with van der Waals surface area (Å²) in [5, 5.41) is 2.67. The lowest BCUT2D eigenvalue weighted by Gasteiger charge is -2.14. The van der Waals surface area contributed by atoms with Crippen molar-refractivity contribution in [1.29, 1.82) is 0 Å². The van der Waals surface area contributed by atoms with Gasteiger partial charge >= 0.3 is 12.1 Å². The molecule has 0 aromatic heterocycles. The number of nitrogens with one attached hydrogen (secondary N) is 1. The average molecular weight is 331 g/mol. The quantitative estimate of drug-likeness (QED) is 0.813. The van der Waals surface area contributed by atoms with Crippen LogP contribution in [-0.2, 0) is 20.5 Å². The SMILES string of the molecule is C[C@H](OC(=O)COc1cccc(C(F)(F)F)c1)C(=O)NC1CC1. The van der Waals surface area contributed by atoms with E-state index < -0.39 is 36.3 Å². The van der Waals surface area contributed by atoms with E-state index in [9.17, 15) is 22.8 Å². The Bertz CT molecular complexity index is 584. The maximum absolute atomic E-state index is 12.5. The largest absolute Gasteiger partial charge is 0.482 e.